The normalized spacial score (nSPS) is 15.0. The summed E-state index contributed by atoms with van der Waals surface area (Å²) in [4.78, 5) is 22.7. The van der Waals surface area contributed by atoms with Gasteiger partial charge in [0.05, 0.1) is 11.3 Å². The average molecular weight is 387 g/mol. The summed E-state index contributed by atoms with van der Waals surface area (Å²) in [5, 5.41) is 12.1. The first-order valence-electron chi connectivity index (χ1n) is 8.60. The second-order valence-corrected chi connectivity index (χ2v) is 8.39. The van der Waals surface area contributed by atoms with Crippen LogP contribution in [-0.4, -0.2) is 52.6 Å². The standard InChI is InChI=1S/C19H22N4OS2/c1-14-10-15(2)21-19(17(14)11-20)26-13-18(24)23-7-5-22(6-8-23)12-16-4-3-9-25-16/h3-4,9-10H,5-8,12-13H2,1-2H3. The Morgan fingerprint density at radius 2 is 2.12 bits per heavy atom. The molecule has 0 spiro atoms. The molecule has 7 heteroatoms. The van der Waals surface area contributed by atoms with Gasteiger partial charge in [-0.05, 0) is 36.9 Å². The summed E-state index contributed by atoms with van der Waals surface area (Å²) in [7, 11) is 0. The number of rotatable bonds is 5. The van der Waals surface area contributed by atoms with Crippen molar-refractivity contribution in [2.45, 2.75) is 25.4 Å². The minimum absolute atomic E-state index is 0.121. The van der Waals surface area contributed by atoms with Crippen molar-refractivity contribution in [3.05, 3.63) is 45.3 Å². The Morgan fingerprint density at radius 3 is 2.77 bits per heavy atom. The molecule has 0 N–H and O–H groups in total. The molecule has 0 saturated carbocycles. The van der Waals surface area contributed by atoms with Crippen molar-refractivity contribution in [1.82, 2.24) is 14.8 Å². The van der Waals surface area contributed by atoms with Crippen LogP contribution >= 0.6 is 23.1 Å². The van der Waals surface area contributed by atoms with Gasteiger partial charge in [0.25, 0.3) is 0 Å². The molecular formula is C19H22N4OS2. The molecule has 136 valence electrons. The Bertz CT molecular complexity index is 806. The highest BCUT2D eigenvalue weighted by Crippen LogP contribution is 2.24. The molecule has 1 fully saturated rings. The second-order valence-electron chi connectivity index (χ2n) is 6.40. The van der Waals surface area contributed by atoms with Gasteiger partial charge in [-0.25, -0.2) is 4.98 Å². The van der Waals surface area contributed by atoms with Gasteiger partial charge in [0.2, 0.25) is 5.91 Å². The molecule has 5 nitrogen and oxygen atoms in total. The van der Waals surface area contributed by atoms with E-state index in [9.17, 15) is 10.1 Å². The molecule has 1 saturated heterocycles. The summed E-state index contributed by atoms with van der Waals surface area (Å²) in [6, 6.07) is 8.34. The highest BCUT2D eigenvalue weighted by atomic mass is 32.2. The van der Waals surface area contributed by atoms with Gasteiger partial charge in [0, 0.05) is 43.3 Å². The smallest absolute Gasteiger partial charge is 0.233 e. The number of carbonyl (C=O) groups is 1. The third kappa shape index (κ3) is 4.64. The predicted molar refractivity (Wildman–Crippen MR) is 105 cm³/mol. The summed E-state index contributed by atoms with van der Waals surface area (Å²) in [5.74, 6) is 0.450. The molecular weight excluding hydrogens is 364 g/mol. The van der Waals surface area contributed by atoms with E-state index < -0.39 is 0 Å². The van der Waals surface area contributed by atoms with E-state index in [1.807, 2.05) is 24.8 Å². The summed E-state index contributed by atoms with van der Waals surface area (Å²) in [5.41, 5.74) is 2.37. The minimum atomic E-state index is 0.121. The molecule has 1 aliphatic heterocycles. The van der Waals surface area contributed by atoms with Gasteiger partial charge in [0.15, 0.2) is 0 Å². The topological polar surface area (TPSA) is 60.2 Å². The number of carbonyl (C=O) groups excluding carboxylic acids is 1. The van der Waals surface area contributed by atoms with Crippen molar-refractivity contribution in [2.75, 3.05) is 31.9 Å². The molecule has 0 bridgehead atoms. The lowest BCUT2D eigenvalue weighted by Gasteiger charge is -2.34. The van der Waals surface area contributed by atoms with Gasteiger partial charge in [-0.2, -0.15) is 5.26 Å². The number of piperazine rings is 1. The summed E-state index contributed by atoms with van der Waals surface area (Å²) < 4.78 is 0. The zero-order chi connectivity index (χ0) is 18.5. The largest absolute Gasteiger partial charge is 0.339 e. The van der Waals surface area contributed by atoms with Crippen LogP contribution < -0.4 is 0 Å². The predicted octanol–water partition coefficient (Wildman–Crippen LogP) is 3.07. The van der Waals surface area contributed by atoms with E-state index in [1.54, 1.807) is 11.3 Å². The van der Waals surface area contributed by atoms with Crippen LogP contribution in [0.25, 0.3) is 0 Å². The molecule has 3 heterocycles. The Hall–Kier alpha value is -1.88. The monoisotopic (exact) mass is 386 g/mol. The second kappa shape index (κ2) is 8.67. The summed E-state index contributed by atoms with van der Waals surface area (Å²) in [6.07, 6.45) is 0. The molecule has 1 amide bonds. The van der Waals surface area contributed by atoms with Crippen LogP contribution in [0.5, 0.6) is 0 Å². The van der Waals surface area contributed by atoms with E-state index in [1.165, 1.54) is 16.6 Å². The minimum Gasteiger partial charge on any atom is -0.339 e. The Morgan fingerprint density at radius 1 is 1.35 bits per heavy atom. The van der Waals surface area contributed by atoms with Crippen LogP contribution in [0.1, 0.15) is 21.7 Å². The number of thiophene rings is 1. The fourth-order valence-electron chi connectivity index (χ4n) is 3.04. The number of nitriles is 1. The van der Waals surface area contributed by atoms with Gasteiger partial charge in [0.1, 0.15) is 11.1 Å². The number of hydrogen-bond acceptors (Lipinski definition) is 6. The van der Waals surface area contributed by atoms with Crippen molar-refractivity contribution >= 4 is 29.0 Å². The van der Waals surface area contributed by atoms with E-state index in [-0.39, 0.29) is 5.91 Å². The fourth-order valence-corrected chi connectivity index (χ4v) is 4.79. The first kappa shape index (κ1) is 18.9. The molecule has 0 atom stereocenters. The third-order valence-electron chi connectivity index (χ3n) is 4.44. The van der Waals surface area contributed by atoms with Crippen molar-refractivity contribution in [3.8, 4) is 6.07 Å². The molecule has 0 radical (unpaired) electrons. The van der Waals surface area contributed by atoms with E-state index in [0.717, 1.165) is 44.0 Å². The summed E-state index contributed by atoms with van der Waals surface area (Å²) in [6.45, 7) is 8.11. The van der Waals surface area contributed by atoms with Crippen LogP contribution in [0.3, 0.4) is 0 Å². The Balaban J connectivity index is 1.51. The van der Waals surface area contributed by atoms with Crippen molar-refractivity contribution < 1.29 is 4.79 Å². The molecule has 0 unspecified atom stereocenters. The molecule has 26 heavy (non-hydrogen) atoms. The summed E-state index contributed by atoms with van der Waals surface area (Å²) >= 11 is 3.15. The van der Waals surface area contributed by atoms with Gasteiger partial charge in [-0.15, -0.1) is 11.3 Å². The number of hydrogen-bond donors (Lipinski definition) is 0. The molecule has 2 aromatic heterocycles. The maximum absolute atomic E-state index is 12.5. The van der Waals surface area contributed by atoms with E-state index >= 15 is 0 Å². The lowest BCUT2D eigenvalue weighted by atomic mass is 10.1. The average Bonchev–Trinajstić information content (AvgIpc) is 3.13. The van der Waals surface area contributed by atoms with E-state index in [4.69, 9.17) is 0 Å². The van der Waals surface area contributed by atoms with Gasteiger partial charge in [-0.3, -0.25) is 9.69 Å². The highest BCUT2D eigenvalue weighted by Gasteiger charge is 2.22. The lowest BCUT2D eigenvalue weighted by Crippen LogP contribution is -2.48. The number of amides is 1. The first-order chi connectivity index (χ1) is 12.6. The number of nitrogens with zero attached hydrogens (tertiary/aromatic N) is 4. The number of thioether (sulfide) groups is 1. The fraction of sp³-hybridized carbons (Fsp3) is 0.421. The van der Waals surface area contributed by atoms with Crippen molar-refractivity contribution in [3.63, 3.8) is 0 Å². The van der Waals surface area contributed by atoms with Gasteiger partial charge in [-0.1, -0.05) is 17.8 Å². The van der Waals surface area contributed by atoms with Gasteiger partial charge < -0.3 is 4.90 Å². The lowest BCUT2D eigenvalue weighted by molar-refractivity contribution is -0.130. The van der Waals surface area contributed by atoms with Crippen molar-refractivity contribution in [1.29, 1.82) is 5.26 Å². The number of aromatic nitrogens is 1. The maximum atomic E-state index is 12.5. The zero-order valence-corrected chi connectivity index (χ0v) is 16.7. The van der Waals surface area contributed by atoms with Crippen LogP contribution in [-0.2, 0) is 11.3 Å². The van der Waals surface area contributed by atoms with Gasteiger partial charge >= 0.3 is 0 Å². The third-order valence-corrected chi connectivity index (χ3v) is 6.26. The molecule has 1 aliphatic rings. The molecule has 3 rings (SSSR count). The van der Waals surface area contributed by atoms with Crippen LogP contribution in [0, 0.1) is 25.2 Å². The van der Waals surface area contributed by atoms with Crippen LogP contribution in [0.2, 0.25) is 0 Å². The highest BCUT2D eigenvalue weighted by molar-refractivity contribution is 8.00. The maximum Gasteiger partial charge on any atom is 0.233 e. The number of pyridine rings is 1. The Labute approximate surface area is 162 Å². The molecule has 2 aromatic rings. The SMILES string of the molecule is Cc1cc(C)c(C#N)c(SCC(=O)N2CCN(Cc3cccs3)CC2)n1. The zero-order valence-electron chi connectivity index (χ0n) is 15.1. The van der Waals surface area contributed by atoms with E-state index in [0.29, 0.717) is 16.3 Å². The molecule has 0 aliphatic carbocycles. The van der Waals surface area contributed by atoms with Crippen LogP contribution in [0.15, 0.2) is 28.6 Å². The van der Waals surface area contributed by atoms with E-state index in [2.05, 4.69) is 33.5 Å². The number of aryl methyl sites for hydroxylation is 2. The van der Waals surface area contributed by atoms with Crippen LogP contribution in [0.4, 0.5) is 0 Å². The molecule has 0 aromatic carbocycles. The van der Waals surface area contributed by atoms with Crippen molar-refractivity contribution in [2.24, 2.45) is 0 Å². The Kier molecular flexibility index (Phi) is 6.30. The quantitative estimate of drug-likeness (QED) is 0.739. The first-order valence-corrected chi connectivity index (χ1v) is 10.5.